The minimum absolute atomic E-state index is 0.0802. The Labute approximate surface area is 124 Å². The van der Waals surface area contributed by atoms with Crippen molar-refractivity contribution in [3.63, 3.8) is 0 Å². The maximum Gasteiger partial charge on any atom is 0.434 e. The maximum absolute atomic E-state index is 12.9. The first-order valence-corrected chi connectivity index (χ1v) is 6.45. The van der Waals surface area contributed by atoms with E-state index >= 15 is 0 Å². The van der Waals surface area contributed by atoms with Gasteiger partial charge in [-0.15, -0.1) is 0 Å². The molecule has 1 rings (SSSR count). The molecule has 1 aromatic heterocycles. The van der Waals surface area contributed by atoms with E-state index in [1.165, 1.54) is 6.92 Å². The van der Waals surface area contributed by atoms with Crippen LogP contribution in [0.3, 0.4) is 0 Å². The molecule has 0 saturated carbocycles. The monoisotopic (exact) mass is 320 g/mol. The molecule has 0 aliphatic rings. The van der Waals surface area contributed by atoms with E-state index < -0.39 is 35.3 Å². The lowest BCUT2D eigenvalue weighted by Gasteiger charge is -2.13. The molecule has 0 unspecified atom stereocenters. The minimum Gasteiger partial charge on any atom is -0.462 e. The summed E-state index contributed by atoms with van der Waals surface area (Å²) in [6.07, 6.45) is -3.40. The molecular formula is C12H15F3N4O3. The molecule has 0 atom stereocenters. The second kappa shape index (κ2) is 7.57. The van der Waals surface area contributed by atoms with Crippen molar-refractivity contribution in [2.75, 3.05) is 12.0 Å². The SMILES string of the molecule is CCCC(=O)NNc1ncc(C(=O)OCC)c(C(F)(F)F)n1. The topological polar surface area (TPSA) is 93.2 Å². The number of amides is 1. The molecule has 0 aliphatic heterocycles. The Hall–Kier alpha value is -2.39. The van der Waals surface area contributed by atoms with Crippen molar-refractivity contribution >= 4 is 17.8 Å². The lowest BCUT2D eigenvalue weighted by molar-refractivity contribution is -0.141. The molecule has 0 radical (unpaired) electrons. The Morgan fingerprint density at radius 2 is 2.00 bits per heavy atom. The highest BCUT2D eigenvalue weighted by Gasteiger charge is 2.38. The van der Waals surface area contributed by atoms with E-state index in [2.05, 4.69) is 25.6 Å². The fourth-order valence-corrected chi connectivity index (χ4v) is 1.43. The second-order valence-electron chi connectivity index (χ2n) is 4.10. The molecule has 1 aromatic rings. The van der Waals surface area contributed by atoms with Gasteiger partial charge in [-0.2, -0.15) is 13.2 Å². The van der Waals surface area contributed by atoms with Crippen LogP contribution in [0.4, 0.5) is 19.1 Å². The first kappa shape index (κ1) is 17.7. The predicted octanol–water partition coefficient (Wildman–Crippen LogP) is 1.92. The molecular weight excluding hydrogens is 305 g/mol. The maximum atomic E-state index is 12.9. The molecule has 0 bridgehead atoms. The molecule has 10 heteroatoms. The van der Waals surface area contributed by atoms with Crippen molar-refractivity contribution in [1.82, 2.24) is 15.4 Å². The Balaban J connectivity index is 3.00. The first-order valence-electron chi connectivity index (χ1n) is 6.45. The molecule has 0 saturated heterocycles. The van der Waals surface area contributed by atoms with E-state index in [0.717, 1.165) is 0 Å². The quantitative estimate of drug-likeness (QED) is 0.614. The number of nitrogens with zero attached hydrogens (tertiary/aromatic N) is 2. The average Bonchev–Trinajstić information content (AvgIpc) is 2.44. The highest BCUT2D eigenvalue weighted by atomic mass is 19.4. The number of nitrogens with one attached hydrogen (secondary N) is 2. The molecule has 1 heterocycles. The number of rotatable bonds is 6. The van der Waals surface area contributed by atoms with E-state index in [0.29, 0.717) is 12.6 Å². The highest BCUT2D eigenvalue weighted by Crippen LogP contribution is 2.31. The fraction of sp³-hybridized carbons (Fsp3) is 0.500. The van der Waals surface area contributed by atoms with Crippen LogP contribution in [0, 0.1) is 0 Å². The zero-order chi connectivity index (χ0) is 16.8. The summed E-state index contributed by atoms with van der Waals surface area (Å²) in [4.78, 5) is 29.5. The van der Waals surface area contributed by atoms with Crippen LogP contribution in [0.15, 0.2) is 6.20 Å². The summed E-state index contributed by atoms with van der Waals surface area (Å²) < 4.78 is 43.3. The van der Waals surface area contributed by atoms with Gasteiger partial charge in [-0.25, -0.2) is 14.8 Å². The van der Waals surface area contributed by atoms with Crippen LogP contribution < -0.4 is 10.9 Å². The molecule has 1 amide bonds. The van der Waals surface area contributed by atoms with Gasteiger partial charge < -0.3 is 4.74 Å². The molecule has 0 aromatic carbocycles. The molecule has 0 spiro atoms. The number of hydrogen-bond acceptors (Lipinski definition) is 6. The van der Waals surface area contributed by atoms with Gasteiger partial charge in [0.2, 0.25) is 11.9 Å². The highest BCUT2D eigenvalue weighted by molar-refractivity contribution is 5.90. The molecule has 22 heavy (non-hydrogen) atoms. The van der Waals surface area contributed by atoms with Crippen molar-refractivity contribution < 1.29 is 27.5 Å². The van der Waals surface area contributed by atoms with Gasteiger partial charge in [-0.05, 0) is 13.3 Å². The lowest BCUT2D eigenvalue weighted by Crippen LogP contribution is -2.30. The van der Waals surface area contributed by atoms with Gasteiger partial charge in [0.25, 0.3) is 0 Å². The zero-order valence-corrected chi connectivity index (χ0v) is 12.0. The number of esters is 1. The molecule has 0 fully saturated rings. The summed E-state index contributed by atoms with van der Waals surface area (Å²) >= 11 is 0. The Bertz CT molecular complexity index is 549. The van der Waals surface area contributed by atoms with Crippen LogP contribution in [-0.2, 0) is 15.7 Å². The largest absolute Gasteiger partial charge is 0.462 e. The van der Waals surface area contributed by atoms with Gasteiger partial charge in [0, 0.05) is 12.6 Å². The molecule has 2 N–H and O–H groups in total. The third-order valence-corrected chi connectivity index (χ3v) is 2.34. The molecule has 122 valence electrons. The van der Waals surface area contributed by atoms with E-state index in [1.807, 2.05) is 0 Å². The Kier molecular flexibility index (Phi) is 6.08. The number of halogens is 3. The number of aromatic nitrogens is 2. The summed E-state index contributed by atoms with van der Waals surface area (Å²) in [5.41, 5.74) is 2.09. The van der Waals surface area contributed by atoms with Gasteiger partial charge in [0.15, 0.2) is 5.69 Å². The van der Waals surface area contributed by atoms with Gasteiger partial charge in [0.05, 0.1) is 6.61 Å². The predicted molar refractivity (Wildman–Crippen MR) is 69.7 cm³/mol. The fourth-order valence-electron chi connectivity index (χ4n) is 1.43. The van der Waals surface area contributed by atoms with Crippen molar-refractivity contribution in [2.45, 2.75) is 32.9 Å². The van der Waals surface area contributed by atoms with Crippen molar-refractivity contribution in [1.29, 1.82) is 0 Å². The zero-order valence-electron chi connectivity index (χ0n) is 12.0. The third-order valence-electron chi connectivity index (χ3n) is 2.34. The van der Waals surface area contributed by atoms with Gasteiger partial charge in [-0.3, -0.25) is 15.6 Å². The normalized spacial score (nSPS) is 11.0. The summed E-state index contributed by atoms with van der Waals surface area (Å²) in [5, 5.41) is 0. The van der Waals surface area contributed by atoms with Crippen LogP contribution >= 0.6 is 0 Å². The minimum atomic E-state index is -4.87. The summed E-state index contributed by atoms with van der Waals surface area (Å²) in [6.45, 7) is 3.15. The number of carbonyl (C=O) groups excluding carboxylic acids is 2. The van der Waals surface area contributed by atoms with Crippen LogP contribution in [-0.4, -0.2) is 28.5 Å². The third kappa shape index (κ3) is 4.86. The second-order valence-corrected chi connectivity index (χ2v) is 4.10. The lowest BCUT2D eigenvalue weighted by atomic mass is 10.2. The number of hydrazine groups is 1. The van der Waals surface area contributed by atoms with Crippen molar-refractivity contribution in [3.05, 3.63) is 17.5 Å². The Morgan fingerprint density at radius 3 is 2.55 bits per heavy atom. The Morgan fingerprint density at radius 1 is 1.32 bits per heavy atom. The van der Waals surface area contributed by atoms with Gasteiger partial charge in [-0.1, -0.05) is 6.92 Å². The van der Waals surface area contributed by atoms with Crippen LogP contribution in [0.1, 0.15) is 42.7 Å². The van der Waals surface area contributed by atoms with E-state index in [9.17, 15) is 22.8 Å². The molecule has 7 nitrogen and oxygen atoms in total. The number of anilines is 1. The van der Waals surface area contributed by atoms with E-state index in [1.54, 1.807) is 6.92 Å². The number of ether oxygens (including phenoxy) is 1. The summed E-state index contributed by atoms with van der Waals surface area (Å²) in [6, 6.07) is 0. The van der Waals surface area contributed by atoms with E-state index in [-0.39, 0.29) is 13.0 Å². The van der Waals surface area contributed by atoms with Gasteiger partial charge >= 0.3 is 12.1 Å². The number of hydrogen-bond donors (Lipinski definition) is 2. The number of alkyl halides is 3. The van der Waals surface area contributed by atoms with Gasteiger partial charge in [0.1, 0.15) is 5.56 Å². The van der Waals surface area contributed by atoms with E-state index in [4.69, 9.17) is 0 Å². The smallest absolute Gasteiger partial charge is 0.434 e. The van der Waals surface area contributed by atoms with Crippen LogP contribution in [0.2, 0.25) is 0 Å². The standard InChI is InChI=1S/C12H15F3N4O3/c1-3-5-8(20)18-19-11-16-6-7(10(21)22-4-2)9(17-11)12(13,14)15/h6H,3-5H2,1-2H3,(H,18,20)(H,16,17,19). The van der Waals surface area contributed by atoms with Crippen molar-refractivity contribution in [3.8, 4) is 0 Å². The number of carbonyl (C=O) groups is 2. The van der Waals surface area contributed by atoms with Crippen LogP contribution in [0.25, 0.3) is 0 Å². The summed E-state index contributed by atoms with van der Waals surface area (Å²) in [5.74, 6) is -2.07. The van der Waals surface area contributed by atoms with Crippen molar-refractivity contribution in [2.24, 2.45) is 0 Å². The first-order chi connectivity index (χ1) is 10.3. The molecule has 0 aliphatic carbocycles. The summed E-state index contributed by atoms with van der Waals surface area (Å²) in [7, 11) is 0. The van der Waals surface area contributed by atoms with Crippen LogP contribution in [0.5, 0.6) is 0 Å². The average molecular weight is 320 g/mol.